The quantitative estimate of drug-likeness (QED) is 0.827. The lowest BCUT2D eigenvalue weighted by Crippen LogP contribution is -2.37. The SMILES string of the molecule is CC(=O)N(CCNC(=O)c1cccc(Cl)c1)c1cccc(Cl)c1Cl. The van der Waals surface area contributed by atoms with Crippen molar-refractivity contribution < 1.29 is 9.59 Å². The van der Waals surface area contributed by atoms with Crippen LogP contribution in [0.2, 0.25) is 15.1 Å². The van der Waals surface area contributed by atoms with E-state index < -0.39 is 0 Å². The van der Waals surface area contributed by atoms with Crippen LogP contribution < -0.4 is 10.2 Å². The van der Waals surface area contributed by atoms with Gasteiger partial charge in [-0.15, -0.1) is 0 Å². The number of halogens is 3. The molecule has 2 aromatic carbocycles. The minimum absolute atomic E-state index is 0.198. The van der Waals surface area contributed by atoms with Gasteiger partial charge < -0.3 is 10.2 Å². The molecule has 0 saturated carbocycles. The normalized spacial score (nSPS) is 10.3. The third kappa shape index (κ3) is 4.63. The lowest BCUT2D eigenvalue weighted by molar-refractivity contribution is -0.116. The van der Waals surface area contributed by atoms with Crippen LogP contribution in [0.3, 0.4) is 0 Å². The maximum atomic E-state index is 12.1. The van der Waals surface area contributed by atoms with Gasteiger partial charge in [-0.2, -0.15) is 0 Å². The Labute approximate surface area is 155 Å². The van der Waals surface area contributed by atoms with E-state index in [0.29, 0.717) is 26.3 Å². The number of hydrogen-bond donors (Lipinski definition) is 1. The third-order valence-electron chi connectivity index (χ3n) is 3.31. The number of carbonyl (C=O) groups excluding carboxylic acids is 2. The highest BCUT2D eigenvalue weighted by molar-refractivity contribution is 6.44. The van der Waals surface area contributed by atoms with Gasteiger partial charge in [-0.05, 0) is 30.3 Å². The first-order chi connectivity index (χ1) is 11.4. The predicted octanol–water partition coefficient (Wildman–Crippen LogP) is 4.43. The van der Waals surface area contributed by atoms with Gasteiger partial charge in [-0.25, -0.2) is 0 Å². The van der Waals surface area contributed by atoms with Gasteiger partial charge in [-0.1, -0.05) is 46.9 Å². The van der Waals surface area contributed by atoms with Crippen molar-refractivity contribution in [2.24, 2.45) is 0 Å². The van der Waals surface area contributed by atoms with E-state index in [9.17, 15) is 9.59 Å². The molecule has 0 spiro atoms. The summed E-state index contributed by atoms with van der Waals surface area (Å²) in [5.74, 6) is -0.464. The van der Waals surface area contributed by atoms with Crippen molar-refractivity contribution >= 4 is 52.3 Å². The van der Waals surface area contributed by atoms with Crippen LogP contribution >= 0.6 is 34.8 Å². The summed E-state index contributed by atoms with van der Waals surface area (Å²) in [6.45, 7) is 1.95. The van der Waals surface area contributed by atoms with E-state index in [2.05, 4.69) is 5.32 Å². The van der Waals surface area contributed by atoms with Crippen molar-refractivity contribution in [2.45, 2.75) is 6.92 Å². The zero-order valence-corrected chi connectivity index (χ0v) is 15.1. The monoisotopic (exact) mass is 384 g/mol. The Morgan fingerprint density at radius 3 is 2.46 bits per heavy atom. The number of benzene rings is 2. The maximum absolute atomic E-state index is 12.1. The van der Waals surface area contributed by atoms with E-state index in [0.717, 1.165) is 0 Å². The number of anilines is 1. The summed E-state index contributed by atoms with van der Waals surface area (Å²) in [5.41, 5.74) is 0.964. The molecule has 2 aromatic rings. The van der Waals surface area contributed by atoms with Crippen molar-refractivity contribution in [3.8, 4) is 0 Å². The molecular weight excluding hydrogens is 371 g/mol. The fraction of sp³-hybridized carbons (Fsp3) is 0.176. The number of amides is 2. The van der Waals surface area contributed by atoms with Crippen molar-refractivity contribution in [3.05, 3.63) is 63.1 Å². The summed E-state index contributed by atoms with van der Waals surface area (Å²) in [5, 5.41) is 3.90. The molecule has 0 aliphatic carbocycles. The van der Waals surface area contributed by atoms with Gasteiger partial charge in [0.1, 0.15) is 0 Å². The first-order valence-corrected chi connectivity index (χ1v) is 8.29. The van der Waals surface area contributed by atoms with E-state index in [1.54, 1.807) is 42.5 Å². The van der Waals surface area contributed by atoms with Crippen molar-refractivity contribution in [1.82, 2.24) is 5.32 Å². The number of nitrogens with one attached hydrogen (secondary N) is 1. The standard InChI is InChI=1S/C17H15Cl3N2O2/c1-11(23)22(15-7-3-6-14(19)16(15)20)9-8-21-17(24)12-4-2-5-13(18)10-12/h2-7,10H,8-9H2,1H3,(H,21,24). The van der Waals surface area contributed by atoms with E-state index in [-0.39, 0.29) is 24.9 Å². The molecule has 0 fully saturated rings. The van der Waals surface area contributed by atoms with Gasteiger partial charge in [-0.3, -0.25) is 9.59 Å². The van der Waals surface area contributed by atoms with Crippen LogP contribution in [0, 0.1) is 0 Å². The molecule has 4 nitrogen and oxygen atoms in total. The Balaban J connectivity index is 2.03. The molecule has 0 atom stereocenters. The molecule has 24 heavy (non-hydrogen) atoms. The minimum atomic E-state index is -0.266. The highest BCUT2D eigenvalue weighted by Crippen LogP contribution is 2.32. The molecule has 2 amide bonds. The van der Waals surface area contributed by atoms with Crippen LogP contribution in [0.4, 0.5) is 5.69 Å². The summed E-state index contributed by atoms with van der Waals surface area (Å²) in [7, 11) is 0. The Kier molecular flexibility index (Phi) is 6.49. The highest BCUT2D eigenvalue weighted by atomic mass is 35.5. The summed E-state index contributed by atoms with van der Waals surface area (Å²) in [6, 6.07) is 11.7. The second kappa shape index (κ2) is 8.38. The molecule has 0 radical (unpaired) electrons. The Morgan fingerprint density at radius 2 is 1.79 bits per heavy atom. The van der Waals surface area contributed by atoms with E-state index in [1.807, 2.05) is 0 Å². The fourth-order valence-electron chi connectivity index (χ4n) is 2.16. The van der Waals surface area contributed by atoms with Gasteiger partial charge in [0.2, 0.25) is 5.91 Å². The number of hydrogen-bond acceptors (Lipinski definition) is 2. The topological polar surface area (TPSA) is 49.4 Å². The first kappa shape index (κ1) is 18.6. The molecule has 2 rings (SSSR count). The molecule has 0 aromatic heterocycles. The minimum Gasteiger partial charge on any atom is -0.350 e. The zero-order chi connectivity index (χ0) is 17.7. The number of nitrogens with zero attached hydrogens (tertiary/aromatic N) is 1. The lowest BCUT2D eigenvalue weighted by atomic mass is 10.2. The Morgan fingerprint density at radius 1 is 1.08 bits per heavy atom. The molecule has 0 heterocycles. The predicted molar refractivity (Wildman–Crippen MR) is 98.3 cm³/mol. The van der Waals surface area contributed by atoms with Crippen LogP contribution in [0.25, 0.3) is 0 Å². The van der Waals surface area contributed by atoms with Gasteiger partial charge in [0, 0.05) is 30.6 Å². The van der Waals surface area contributed by atoms with Gasteiger partial charge in [0.25, 0.3) is 5.91 Å². The second-order valence-corrected chi connectivity index (χ2v) is 6.23. The Bertz CT molecular complexity index is 765. The summed E-state index contributed by atoms with van der Waals surface area (Å²) in [4.78, 5) is 25.4. The molecule has 0 aliphatic heterocycles. The Hall–Kier alpha value is -1.75. The summed E-state index contributed by atoms with van der Waals surface area (Å²) >= 11 is 18.0. The summed E-state index contributed by atoms with van der Waals surface area (Å²) < 4.78 is 0. The van der Waals surface area contributed by atoms with Crippen molar-refractivity contribution in [1.29, 1.82) is 0 Å². The van der Waals surface area contributed by atoms with Gasteiger partial charge in [0.15, 0.2) is 0 Å². The fourth-order valence-corrected chi connectivity index (χ4v) is 2.75. The van der Waals surface area contributed by atoms with Gasteiger partial charge in [0.05, 0.1) is 15.7 Å². The summed E-state index contributed by atoms with van der Waals surface area (Å²) in [6.07, 6.45) is 0. The lowest BCUT2D eigenvalue weighted by Gasteiger charge is -2.23. The van der Waals surface area contributed by atoms with Crippen LogP contribution in [0.5, 0.6) is 0 Å². The average molecular weight is 386 g/mol. The second-order valence-electron chi connectivity index (χ2n) is 5.01. The smallest absolute Gasteiger partial charge is 0.251 e. The third-order valence-corrected chi connectivity index (χ3v) is 4.35. The highest BCUT2D eigenvalue weighted by Gasteiger charge is 2.16. The maximum Gasteiger partial charge on any atom is 0.251 e. The van der Waals surface area contributed by atoms with Gasteiger partial charge >= 0.3 is 0 Å². The molecule has 0 unspecified atom stereocenters. The molecule has 0 saturated heterocycles. The molecule has 7 heteroatoms. The van der Waals surface area contributed by atoms with Crippen molar-refractivity contribution in [2.75, 3.05) is 18.0 Å². The molecule has 0 aliphatic rings. The largest absolute Gasteiger partial charge is 0.350 e. The zero-order valence-electron chi connectivity index (χ0n) is 12.9. The van der Waals surface area contributed by atoms with Crippen LogP contribution in [-0.4, -0.2) is 24.9 Å². The van der Waals surface area contributed by atoms with Crippen LogP contribution in [-0.2, 0) is 4.79 Å². The number of carbonyl (C=O) groups is 2. The van der Waals surface area contributed by atoms with Crippen molar-refractivity contribution in [3.63, 3.8) is 0 Å². The number of rotatable bonds is 5. The molecule has 0 bridgehead atoms. The van der Waals surface area contributed by atoms with Crippen LogP contribution in [0.1, 0.15) is 17.3 Å². The van der Waals surface area contributed by atoms with E-state index in [4.69, 9.17) is 34.8 Å². The van der Waals surface area contributed by atoms with E-state index >= 15 is 0 Å². The molecule has 126 valence electrons. The molecular formula is C17H15Cl3N2O2. The average Bonchev–Trinajstić information content (AvgIpc) is 2.54. The van der Waals surface area contributed by atoms with Crippen LogP contribution in [0.15, 0.2) is 42.5 Å². The first-order valence-electron chi connectivity index (χ1n) is 7.16. The van der Waals surface area contributed by atoms with E-state index in [1.165, 1.54) is 11.8 Å². The molecule has 1 N–H and O–H groups in total.